The highest BCUT2D eigenvalue weighted by atomic mass is 16.5. The number of benzene rings is 1. The van der Waals surface area contributed by atoms with Crippen LogP contribution in [0.25, 0.3) is 0 Å². The molecule has 0 bridgehead atoms. The molecule has 0 aliphatic heterocycles. The normalized spacial score (nSPS) is 12.4. The molecule has 0 radical (unpaired) electrons. The van der Waals surface area contributed by atoms with Gasteiger partial charge >= 0.3 is 0 Å². The van der Waals surface area contributed by atoms with Gasteiger partial charge < -0.3 is 9.53 Å². The molecule has 0 saturated carbocycles. The summed E-state index contributed by atoms with van der Waals surface area (Å²) in [4.78, 5) is 11.0. The maximum atomic E-state index is 11.0. The second kappa shape index (κ2) is 5.55. The third kappa shape index (κ3) is 3.30. The van der Waals surface area contributed by atoms with Gasteiger partial charge in [-0.3, -0.25) is 0 Å². The zero-order valence-electron chi connectivity index (χ0n) is 8.69. The minimum atomic E-state index is 0.193. The lowest BCUT2D eigenvalue weighted by Gasteiger charge is -2.14. The SMILES string of the molecule is COC[C@@H](CC(C)=O)c1ccccc1. The molecule has 0 saturated heterocycles. The molecule has 1 atom stereocenters. The third-order valence-electron chi connectivity index (χ3n) is 2.17. The van der Waals surface area contributed by atoms with E-state index >= 15 is 0 Å². The first-order chi connectivity index (χ1) is 6.74. The van der Waals surface area contributed by atoms with Crippen molar-refractivity contribution >= 4 is 5.78 Å². The summed E-state index contributed by atoms with van der Waals surface area (Å²) in [5, 5.41) is 0. The van der Waals surface area contributed by atoms with Crippen molar-refractivity contribution in [2.75, 3.05) is 13.7 Å². The Morgan fingerprint density at radius 2 is 2.00 bits per heavy atom. The van der Waals surface area contributed by atoms with Crippen LogP contribution in [-0.2, 0) is 9.53 Å². The molecule has 0 heterocycles. The van der Waals surface area contributed by atoms with E-state index in [1.165, 1.54) is 5.56 Å². The van der Waals surface area contributed by atoms with Crippen LogP contribution in [0, 0.1) is 0 Å². The molecule has 2 heteroatoms. The molecule has 14 heavy (non-hydrogen) atoms. The van der Waals surface area contributed by atoms with E-state index in [0.29, 0.717) is 13.0 Å². The fourth-order valence-corrected chi connectivity index (χ4v) is 1.55. The summed E-state index contributed by atoms with van der Waals surface area (Å²) in [6.07, 6.45) is 0.553. The van der Waals surface area contributed by atoms with Crippen LogP contribution in [0.15, 0.2) is 30.3 Å². The average Bonchev–Trinajstić information content (AvgIpc) is 2.18. The van der Waals surface area contributed by atoms with E-state index < -0.39 is 0 Å². The van der Waals surface area contributed by atoms with Gasteiger partial charge in [0.05, 0.1) is 6.61 Å². The van der Waals surface area contributed by atoms with Crippen molar-refractivity contribution in [1.29, 1.82) is 0 Å². The average molecular weight is 192 g/mol. The van der Waals surface area contributed by atoms with E-state index in [2.05, 4.69) is 0 Å². The smallest absolute Gasteiger partial charge is 0.130 e. The van der Waals surface area contributed by atoms with Crippen molar-refractivity contribution in [1.82, 2.24) is 0 Å². The molecule has 0 aliphatic rings. The Bertz CT molecular complexity index is 280. The lowest BCUT2D eigenvalue weighted by molar-refractivity contribution is -0.117. The number of methoxy groups -OCH3 is 1. The molecule has 0 amide bonds. The standard InChI is InChI=1S/C12H16O2/c1-10(13)8-12(9-14-2)11-6-4-3-5-7-11/h3-7,12H,8-9H2,1-2H3/t12-/m1/s1. The van der Waals surface area contributed by atoms with Crippen molar-refractivity contribution in [3.63, 3.8) is 0 Å². The number of rotatable bonds is 5. The van der Waals surface area contributed by atoms with Gasteiger partial charge in [-0.2, -0.15) is 0 Å². The second-order valence-corrected chi connectivity index (χ2v) is 3.47. The van der Waals surface area contributed by atoms with Crippen LogP contribution >= 0.6 is 0 Å². The van der Waals surface area contributed by atoms with E-state index in [1.807, 2.05) is 30.3 Å². The first-order valence-corrected chi connectivity index (χ1v) is 4.77. The Morgan fingerprint density at radius 1 is 1.36 bits per heavy atom. The van der Waals surface area contributed by atoms with Crippen molar-refractivity contribution in [3.05, 3.63) is 35.9 Å². The number of carbonyl (C=O) groups excluding carboxylic acids is 1. The van der Waals surface area contributed by atoms with Crippen LogP contribution < -0.4 is 0 Å². The predicted molar refractivity (Wildman–Crippen MR) is 56.4 cm³/mol. The predicted octanol–water partition coefficient (Wildman–Crippen LogP) is 2.40. The van der Waals surface area contributed by atoms with Crippen LogP contribution in [0.1, 0.15) is 24.8 Å². The number of carbonyl (C=O) groups is 1. The third-order valence-corrected chi connectivity index (χ3v) is 2.17. The zero-order valence-corrected chi connectivity index (χ0v) is 8.69. The molecule has 0 aliphatic carbocycles. The van der Waals surface area contributed by atoms with E-state index in [4.69, 9.17) is 4.74 Å². The Labute approximate surface area is 84.9 Å². The zero-order chi connectivity index (χ0) is 10.4. The highest BCUT2D eigenvalue weighted by molar-refractivity contribution is 5.76. The van der Waals surface area contributed by atoms with Gasteiger partial charge in [-0.25, -0.2) is 0 Å². The Hall–Kier alpha value is -1.15. The Kier molecular flexibility index (Phi) is 4.33. The lowest BCUT2D eigenvalue weighted by atomic mass is 9.95. The van der Waals surface area contributed by atoms with Gasteiger partial charge in [0.15, 0.2) is 0 Å². The Balaban J connectivity index is 2.72. The summed E-state index contributed by atoms with van der Waals surface area (Å²) in [6, 6.07) is 10.0. The monoisotopic (exact) mass is 192 g/mol. The van der Waals surface area contributed by atoms with Crippen LogP contribution in [0.5, 0.6) is 0 Å². The first-order valence-electron chi connectivity index (χ1n) is 4.77. The number of hydrogen-bond donors (Lipinski definition) is 0. The fourth-order valence-electron chi connectivity index (χ4n) is 1.55. The number of hydrogen-bond acceptors (Lipinski definition) is 2. The van der Waals surface area contributed by atoms with Crippen LogP contribution in [-0.4, -0.2) is 19.5 Å². The first kappa shape index (κ1) is 10.9. The molecular formula is C12H16O2. The molecular weight excluding hydrogens is 176 g/mol. The summed E-state index contributed by atoms with van der Waals surface area (Å²) in [5.74, 6) is 0.398. The summed E-state index contributed by atoms with van der Waals surface area (Å²) >= 11 is 0. The molecule has 0 fully saturated rings. The van der Waals surface area contributed by atoms with Crippen LogP contribution in [0.2, 0.25) is 0 Å². The summed E-state index contributed by atoms with van der Waals surface area (Å²) in [7, 11) is 1.66. The maximum Gasteiger partial charge on any atom is 0.130 e. The summed E-state index contributed by atoms with van der Waals surface area (Å²) in [5.41, 5.74) is 1.17. The molecule has 0 unspecified atom stereocenters. The Morgan fingerprint density at radius 3 is 2.50 bits per heavy atom. The van der Waals surface area contributed by atoms with Crippen LogP contribution in [0.4, 0.5) is 0 Å². The van der Waals surface area contributed by atoms with E-state index in [9.17, 15) is 4.79 Å². The summed E-state index contributed by atoms with van der Waals surface area (Å²) in [6.45, 7) is 2.22. The highest BCUT2D eigenvalue weighted by Gasteiger charge is 2.12. The lowest BCUT2D eigenvalue weighted by Crippen LogP contribution is -2.10. The quantitative estimate of drug-likeness (QED) is 0.716. The van der Waals surface area contributed by atoms with Gasteiger partial charge in [-0.15, -0.1) is 0 Å². The number of ether oxygens (including phenoxy) is 1. The largest absolute Gasteiger partial charge is 0.384 e. The van der Waals surface area contributed by atoms with Gasteiger partial charge in [0, 0.05) is 19.4 Å². The van der Waals surface area contributed by atoms with E-state index in [-0.39, 0.29) is 11.7 Å². The molecule has 1 aromatic rings. The van der Waals surface area contributed by atoms with Crippen molar-refractivity contribution in [3.8, 4) is 0 Å². The number of Topliss-reactive ketones (excluding diaryl/α,β-unsaturated/α-hetero) is 1. The van der Waals surface area contributed by atoms with E-state index in [0.717, 1.165) is 0 Å². The van der Waals surface area contributed by atoms with Crippen LogP contribution in [0.3, 0.4) is 0 Å². The van der Waals surface area contributed by atoms with Gasteiger partial charge in [0.2, 0.25) is 0 Å². The number of ketones is 1. The molecule has 0 aromatic heterocycles. The second-order valence-electron chi connectivity index (χ2n) is 3.47. The minimum absolute atomic E-state index is 0.193. The fraction of sp³-hybridized carbons (Fsp3) is 0.417. The van der Waals surface area contributed by atoms with Gasteiger partial charge in [0.1, 0.15) is 5.78 Å². The van der Waals surface area contributed by atoms with Gasteiger partial charge in [-0.1, -0.05) is 30.3 Å². The maximum absolute atomic E-state index is 11.0. The van der Waals surface area contributed by atoms with Crippen molar-refractivity contribution in [2.24, 2.45) is 0 Å². The molecule has 2 nitrogen and oxygen atoms in total. The van der Waals surface area contributed by atoms with Gasteiger partial charge in [0.25, 0.3) is 0 Å². The van der Waals surface area contributed by atoms with Crippen molar-refractivity contribution in [2.45, 2.75) is 19.3 Å². The molecule has 1 aromatic carbocycles. The van der Waals surface area contributed by atoms with Crippen molar-refractivity contribution < 1.29 is 9.53 Å². The highest BCUT2D eigenvalue weighted by Crippen LogP contribution is 2.19. The minimum Gasteiger partial charge on any atom is -0.384 e. The summed E-state index contributed by atoms with van der Waals surface area (Å²) < 4.78 is 5.11. The molecule has 0 N–H and O–H groups in total. The van der Waals surface area contributed by atoms with E-state index in [1.54, 1.807) is 14.0 Å². The molecule has 76 valence electrons. The molecule has 0 spiro atoms. The topological polar surface area (TPSA) is 26.3 Å². The van der Waals surface area contributed by atoms with Gasteiger partial charge in [-0.05, 0) is 12.5 Å². The molecule has 1 rings (SSSR count).